The lowest BCUT2D eigenvalue weighted by Gasteiger charge is -2.10. The van der Waals surface area contributed by atoms with E-state index >= 15 is 0 Å². The first-order chi connectivity index (χ1) is 13.5. The zero-order valence-corrected chi connectivity index (χ0v) is 16.0. The summed E-state index contributed by atoms with van der Waals surface area (Å²) in [5.74, 6) is -0.813. The number of halogens is 2. The van der Waals surface area contributed by atoms with E-state index in [1.165, 1.54) is 6.21 Å². The van der Waals surface area contributed by atoms with Crippen LogP contribution < -0.4 is 10.7 Å². The van der Waals surface area contributed by atoms with Crippen molar-refractivity contribution in [2.24, 2.45) is 5.10 Å². The summed E-state index contributed by atoms with van der Waals surface area (Å²) in [5, 5.41) is 7.72. The van der Waals surface area contributed by atoms with E-state index in [1.54, 1.807) is 66.7 Å². The molecule has 3 rings (SSSR count). The Morgan fingerprint density at radius 3 is 2.25 bits per heavy atom. The van der Waals surface area contributed by atoms with Crippen molar-refractivity contribution >= 4 is 46.9 Å². The lowest BCUT2D eigenvalue weighted by atomic mass is 10.1. The number of carbonyl (C=O) groups is 2. The van der Waals surface area contributed by atoms with Crippen molar-refractivity contribution in [3.05, 3.63) is 99.5 Å². The molecule has 28 heavy (non-hydrogen) atoms. The number of hydrogen-bond acceptors (Lipinski definition) is 3. The van der Waals surface area contributed by atoms with E-state index in [2.05, 4.69) is 15.8 Å². The van der Waals surface area contributed by atoms with Gasteiger partial charge in [-0.3, -0.25) is 9.59 Å². The average Bonchev–Trinajstić information content (AvgIpc) is 2.70. The van der Waals surface area contributed by atoms with Gasteiger partial charge >= 0.3 is 0 Å². The number of amides is 2. The molecule has 2 N–H and O–H groups in total. The minimum Gasteiger partial charge on any atom is -0.321 e. The van der Waals surface area contributed by atoms with Crippen LogP contribution in [0, 0.1) is 0 Å². The maximum Gasteiger partial charge on any atom is 0.273 e. The first-order valence-electron chi connectivity index (χ1n) is 8.28. The summed E-state index contributed by atoms with van der Waals surface area (Å²) in [5.41, 5.74) is 4.19. The lowest BCUT2D eigenvalue weighted by molar-refractivity contribution is 0.0956. The van der Waals surface area contributed by atoms with Gasteiger partial charge in [0.15, 0.2) is 0 Å². The number of benzene rings is 3. The summed E-state index contributed by atoms with van der Waals surface area (Å²) in [7, 11) is 0. The molecule has 0 aliphatic rings. The van der Waals surface area contributed by atoms with Gasteiger partial charge in [0.1, 0.15) is 0 Å². The van der Waals surface area contributed by atoms with E-state index in [0.717, 1.165) is 0 Å². The number of carbonyl (C=O) groups excluding carboxylic acids is 2. The van der Waals surface area contributed by atoms with Crippen molar-refractivity contribution < 1.29 is 9.59 Å². The van der Waals surface area contributed by atoms with Crippen LogP contribution in [0.25, 0.3) is 0 Å². The Morgan fingerprint density at radius 1 is 0.821 bits per heavy atom. The fraction of sp³-hybridized carbons (Fsp3) is 0. The van der Waals surface area contributed by atoms with E-state index in [0.29, 0.717) is 26.9 Å². The first kappa shape index (κ1) is 19.6. The molecular weight excluding hydrogens is 397 g/mol. The molecule has 0 bridgehead atoms. The Hall–Kier alpha value is -3.15. The maximum absolute atomic E-state index is 12.5. The molecule has 3 aromatic rings. The van der Waals surface area contributed by atoms with Gasteiger partial charge in [0.2, 0.25) is 0 Å². The minimum absolute atomic E-state index is 0.279. The number of rotatable bonds is 5. The minimum atomic E-state index is -0.463. The number of para-hydroxylation sites is 1. The first-order valence-corrected chi connectivity index (χ1v) is 9.04. The molecule has 2 amide bonds. The van der Waals surface area contributed by atoms with Crippen LogP contribution in [-0.2, 0) is 0 Å². The summed E-state index contributed by atoms with van der Waals surface area (Å²) in [6, 6.07) is 20.2. The van der Waals surface area contributed by atoms with E-state index in [4.69, 9.17) is 23.2 Å². The number of hydrogen-bond donors (Lipinski definition) is 2. The second-order valence-electron chi connectivity index (χ2n) is 5.73. The van der Waals surface area contributed by atoms with Gasteiger partial charge in [-0.2, -0.15) is 5.10 Å². The van der Waals surface area contributed by atoms with Crippen LogP contribution in [0.3, 0.4) is 0 Å². The highest BCUT2D eigenvalue weighted by Gasteiger charge is 2.13. The standard InChI is InChI=1S/C21H15Cl2N3O2/c22-16-11-9-14(10-12-16)20(27)25-19-8-4-2-6-17(19)21(28)26-24-13-15-5-1-3-7-18(15)23/h1-13H,(H,25,27)(H,26,28). The second-order valence-corrected chi connectivity index (χ2v) is 6.57. The van der Waals surface area contributed by atoms with Gasteiger partial charge in [-0.1, -0.05) is 53.5 Å². The molecule has 0 saturated carbocycles. The van der Waals surface area contributed by atoms with E-state index in [1.807, 2.05) is 6.07 Å². The number of nitrogens with zero attached hydrogens (tertiary/aromatic N) is 1. The number of nitrogens with one attached hydrogen (secondary N) is 2. The quantitative estimate of drug-likeness (QED) is 0.457. The molecule has 0 spiro atoms. The zero-order valence-electron chi connectivity index (χ0n) is 14.5. The predicted octanol–water partition coefficient (Wildman–Crippen LogP) is 5.01. The molecule has 0 atom stereocenters. The van der Waals surface area contributed by atoms with Crippen LogP contribution in [0.5, 0.6) is 0 Å². The summed E-state index contributed by atoms with van der Waals surface area (Å²) >= 11 is 11.9. The van der Waals surface area contributed by atoms with Gasteiger partial charge in [-0.05, 0) is 42.5 Å². The van der Waals surface area contributed by atoms with Crippen LogP contribution in [0.2, 0.25) is 10.0 Å². The maximum atomic E-state index is 12.5. The molecule has 0 fully saturated rings. The molecular formula is C21H15Cl2N3O2. The summed E-state index contributed by atoms with van der Waals surface area (Å²) in [4.78, 5) is 24.9. The highest BCUT2D eigenvalue weighted by atomic mass is 35.5. The topological polar surface area (TPSA) is 70.6 Å². The van der Waals surface area contributed by atoms with Crippen molar-refractivity contribution in [1.82, 2.24) is 5.43 Å². The van der Waals surface area contributed by atoms with Crippen molar-refractivity contribution in [3.8, 4) is 0 Å². The van der Waals surface area contributed by atoms with Crippen LogP contribution in [0.1, 0.15) is 26.3 Å². The molecule has 140 valence electrons. The van der Waals surface area contributed by atoms with Gasteiger partial charge < -0.3 is 5.32 Å². The molecule has 0 radical (unpaired) electrons. The predicted molar refractivity (Wildman–Crippen MR) is 112 cm³/mol. The zero-order chi connectivity index (χ0) is 19.9. The van der Waals surface area contributed by atoms with Gasteiger partial charge in [0.25, 0.3) is 11.8 Å². The van der Waals surface area contributed by atoms with E-state index in [9.17, 15) is 9.59 Å². The Bertz CT molecular complexity index is 1030. The van der Waals surface area contributed by atoms with Crippen LogP contribution in [-0.4, -0.2) is 18.0 Å². The molecule has 3 aromatic carbocycles. The molecule has 0 heterocycles. The molecule has 5 nitrogen and oxygen atoms in total. The molecule has 7 heteroatoms. The van der Waals surface area contributed by atoms with Crippen molar-refractivity contribution in [1.29, 1.82) is 0 Å². The third-order valence-electron chi connectivity index (χ3n) is 3.80. The fourth-order valence-electron chi connectivity index (χ4n) is 2.39. The Labute approximate surface area is 172 Å². The summed E-state index contributed by atoms with van der Waals surface area (Å²) in [6.07, 6.45) is 1.45. The van der Waals surface area contributed by atoms with Crippen molar-refractivity contribution in [2.45, 2.75) is 0 Å². The molecule has 0 aromatic heterocycles. The van der Waals surface area contributed by atoms with Gasteiger partial charge in [-0.25, -0.2) is 5.43 Å². The van der Waals surface area contributed by atoms with Crippen molar-refractivity contribution in [2.75, 3.05) is 5.32 Å². The lowest BCUT2D eigenvalue weighted by Crippen LogP contribution is -2.21. The Morgan fingerprint density at radius 2 is 1.50 bits per heavy atom. The molecule has 0 unspecified atom stereocenters. The van der Waals surface area contributed by atoms with Gasteiger partial charge in [0.05, 0.1) is 17.5 Å². The average molecular weight is 412 g/mol. The van der Waals surface area contributed by atoms with E-state index < -0.39 is 5.91 Å². The van der Waals surface area contributed by atoms with Gasteiger partial charge in [-0.15, -0.1) is 0 Å². The largest absolute Gasteiger partial charge is 0.321 e. The van der Waals surface area contributed by atoms with Crippen LogP contribution >= 0.6 is 23.2 Å². The fourth-order valence-corrected chi connectivity index (χ4v) is 2.70. The SMILES string of the molecule is O=C(Nc1ccccc1C(=O)NN=Cc1ccccc1Cl)c1ccc(Cl)cc1. The Kier molecular flexibility index (Phi) is 6.42. The highest BCUT2D eigenvalue weighted by Crippen LogP contribution is 2.17. The number of hydrazone groups is 1. The summed E-state index contributed by atoms with van der Waals surface area (Å²) < 4.78 is 0. The molecule has 0 saturated heterocycles. The third kappa shape index (κ3) is 4.97. The van der Waals surface area contributed by atoms with Gasteiger partial charge in [0, 0.05) is 21.2 Å². The highest BCUT2D eigenvalue weighted by molar-refractivity contribution is 6.33. The molecule has 0 aliphatic heterocycles. The van der Waals surface area contributed by atoms with Crippen LogP contribution in [0.4, 0.5) is 5.69 Å². The smallest absolute Gasteiger partial charge is 0.273 e. The van der Waals surface area contributed by atoms with Crippen LogP contribution in [0.15, 0.2) is 77.9 Å². The monoisotopic (exact) mass is 411 g/mol. The van der Waals surface area contributed by atoms with Crippen molar-refractivity contribution in [3.63, 3.8) is 0 Å². The normalized spacial score (nSPS) is 10.6. The second kappa shape index (κ2) is 9.17. The number of anilines is 1. The molecule has 0 aliphatic carbocycles. The Balaban J connectivity index is 1.72. The summed E-state index contributed by atoms with van der Waals surface area (Å²) in [6.45, 7) is 0. The third-order valence-corrected chi connectivity index (χ3v) is 4.40. The van der Waals surface area contributed by atoms with E-state index in [-0.39, 0.29) is 11.5 Å².